The quantitative estimate of drug-likeness (QED) is 0.860. The molecule has 138 valence electrons. The van der Waals surface area contributed by atoms with E-state index in [9.17, 15) is 14.7 Å². The number of amides is 1. The zero-order valence-electron chi connectivity index (χ0n) is 15.0. The van der Waals surface area contributed by atoms with Crippen LogP contribution in [0.1, 0.15) is 13.3 Å². The van der Waals surface area contributed by atoms with Crippen LogP contribution in [0.15, 0.2) is 42.5 Å². The highest BCUT2D eigenvalue weighted by Crippen LogP contribution is 2.32. The molecule has 0 bridgehead atoms. The van der Waals surface area contributed by atoms with Gasteiger partial charge in [-0.15, -0.1) is 0 Å². The Bertz CT molecular complexity index is 815. The fraction of sp³-hybridized carbons (Fsp3) is 0.400. The van der Waals surface area contributed by atoms with Gasteiger partial charge in [-0.1, -0.05) is 36.4 Å². The Hall–Kier alpha value is -2.60. The highest BCUT2D eigenvalue weighted by atomic mass is 16.5. The van der Waals surface area contributed by atoms with Crippen molar-refractivity contribution in [3.63, 3.8) is 0 Å². The molecule has 1 N–H and O–H groups in total. The van der Waals surface area contributed by atoms with E-state index >= 15 is 0 Å². The Balaban J connectivity index is 1.73. The molecule has 0 saturated carbocycles. The lowest BCUT2D eigenvalue weighted by atomic mass is 9.88. The van der Waals surface area contributed by atoms with Crippen molar-refractivity contribution in [1.29, 1.82) is 0 Å². The van der Waals surface area contributed by atoms with Gasteiger partial charge in [0, 0.05) is 25.6 Å². The number of carbonyl (C=O) groups is 2. The van der Waals surface area contributed by atoms with Crippen molar-refractivity contribution in [3.05, 3.63) is 42.5 Å². The van der Waals surface area contributed by atoms with E-state index in [0.29, 0.717) is 18.7 Å². The molecule has 1 fully saturated rings. The molecule has 6 nitrogen and oxygen atoms in total. The Morgan fingerprint density at radius 1 is 1.23 bits per heavy atom. The van der Waals surface area contributed by atoms with Crippen LogP contribution in [-0.4, -0.2) is 54.8 Å². The fourth-order valence-electron chi connectivity index (χ4n) is 3.49. The number of likely N-dealkylation sites (tertiary alicyclic amines) is 1. The Morgan fingerprint density at radius 3 is 2.69 bits per heavy atom. The molecule has 2 aromatic rings. The van der Waals surface area contributed by atoms with E-state index in [1.165, 1.54) is 7.11 Å². The minimum atomic E-state index is -1.04. The second-order valence-corrected chi connectivity index (χ2v) is 6.77. The zero-order valence-corrected chi connectivity index (χ0v) is 15.0. The van der Waals surface area contributed by atoms with Crippen LogP contribution in [0.2, 0.25) is 0 Å². The van der Waals surface area contributed by atoms with Crippen molar-refractivity contribution in [2.75, 3.05) is 26.8 Å². The summed E-state index contributed by atoms with van der Waals surface area (Å²) >= 11 is 0. The summed E-state index contributed by atoms with van der Waals surface area (Å²) < 4.78 is 11.0. The van der Waals surface area contributed by atoms with Gasteiger partial charge < -0.3 is 19.5 Å². The minimum absolute atomic E-state index is 0.0880. The lowest BCUT2D eigenvalue weighted by molar-refractivity contribution is -0.152. The smallest absolute Gasteiger partial charge is 0.313 e. The van der Waals surface area contributed by atoms with Gasteiger partial charge in [0.1, 0.15) is 11.2 Å². The number of hydrogen-bond acceptors (Lipinski definition) is 4. The summed E-state index contributed by atoms with van der Waals surface area (Å²) in [5.74, 6) is -0.501. The molecular formula is C20H23NO5. The van der Waals surface area contributed by atoms with E-state index in [1.807, 2.05) is 42.5 Å². The molecule has 1 aliphatic rings. The number of fused-ring (bicyclic) bond motifs is 1. The summed E-state index contributed by atoms with van der Waals surface area (Å²) in [6.45, 7) is 2.31. The number of carboxylic acid groups (broad SMARTS) is 1. The molecular weight excluding hydrogens is 334 g/mol. The predicted octanol–water partition coefficient (Wildman–Crippen LogP) is 2.56. The van der Waals surface area contributed by atoms with Crippen LogP contribution in [0.25, 0.3) is 10.8 Å². The van der Waals surface area contributed by atoms with Gasteiger partial charge in [0.05, 0.1) is 6.61 Å². The minimum Gasteiger partial charge on any atom is -0.481 e. The molecule has 2 atom stereocenters. The number of hydrogen-bond donors (Lipinski definition) is 1. The van der Waals surface area contributed by atoms with E-state index in [2.05, 4.69) is 0 Å². The van der Waals surface area contributed by atoms with Gasteiger partial charge in [-0.25, -0.2) is 0 Å². The second-order valence-electron chi connectivity index (χ2n) is 6.77. The molecule has 0 radical (unpaired) electrons. The Labute approximate surface area is 152 Å². The van der Waals surface area contributed by atoms with Crippen molar-refractivity contribution in [3.8, 4) is 5.75 Å². The van der Waals surface area contributed by atoms with Gasteiger partial charge in [-0.2, -0.15) is 0 Å². The predicted molar refractivity (Wildman–Crippen MR) is 97.2 cm³/mol. The Kier molecular flexibility index (Phi) is 5.13. The van der Waals surface area contributed by atoms with Crippen molar-refractivity contribution in [1.82, 2.24) is 4.90 Å². The van der Waals surface area contributed by atoms with Crippen molar-refractivity contribution >= 4 is 22.6 Å². The summed E-state index contributed by atoms with van der Waals surface area (Å²) in [5, 5.41) is 11.5. The fourth-order valence-corrected chi connectivity index (χ4v) is 3.49. The molecule has 6 heteroatoms. The number of ether oxygens (including phenoxy) is 2. The van der Waals surface area contributed by atoms with Gasteiger partial charge in [0.2, 0.25) is 0 Å². The number of carboxylic acids is 1. The molecule has 2 unspecified atom stereocenters. The maximum atomic E-state index is 12.8. The van der Waals surface area contributed by atoms with Crippen LogP contribution < -0.4 is 4.74 Å². The average Bonchev–Trinajstić information content (AvgIpc) is 3.07. The molecule has 26 heavy (non-hydrogen) atoms. The van der Waals surface area contributed by atoms with Crippen LogP contribution in [0.5, 0.6) is 5.75 Å². The standard InChI is InChI=1S/C20H23NO5/c1-14(26-17-9-5-7-15-6-3-4-8-16(15)17)18(22)21-11-10-20(12-21,13-25-2)19(23)24/h3-9,14H,10-13H2,1-2H3,(H,23,24). The molecule has 2 aromatic carbocycles. The molecule has 3 rings (SSSR count). The summed E-state index contributed by atoms with van der Waals surface area (Å²) in [6.07, 6.45) is -0.323. The molecule has 0 aliphatic carbocycles. The third kappa shape index (κ3) is 3.37. The molecule has 0 spiro atoms. The first-order valence-corrected chi connectivity index (χ1v) is 8.62. The highest BCUT2D eigenvalue weighted by Gasteiger charge is 2.47. The van der Waals surface area contributed by atoms with Crippen molar-refractivity contribution in [2.45, 2.75) is 19.4 Å². The van der Waals surface area contributed by atoms with Gasteiger partial charge in [-0.05, 0) is 24.8 Å². The van der Waals surface area contributed by atoms with Gasteiger partial charge >= 0.3 is 5.97 Å². The first-order valence-electron chi connectivity index (χ1n) is 8.62. The van der Waals surface area contributed by atoms with Crippen LogP contribution in [0, 0.1) is 5.41 Å². The average molecular weight is 357 g/mol. The topological polar surface area (TPSA) is 76.1 Å². The first-order chi connectivity index (χ1) is 12.5. The number of benzene rings is 2. The second kappa shape index (κ2) is 7.33. The van der Waals surface area contributed by atoms with Crippen LogP contribution >= 0.6 is 0 Å². The third-order valence-electron chi connectivity index (χ3n) is 4.94. The van der Waals surface area contributed by atoms with E-state index in [1.54, 1.807) is 11.8 Å². The maximum absolute atomic E-state index is 12.8. The number of rotatable bonds is 6. The van der Waals surface area contributed by atoms with E-state index in [-0.39, 0.29) is 19.1 Å². The number of aliphatic carboxylic acids is 1. The summed E-state index contributed by atoms with van der Waals surface area (Å²) in [4.78, 5) is 26.0. The van der Waals surface area contributed by atoms with Gasteiger partial charge in [0.25, 0.3) is 5.91 Å². The summed E-state index contributed by atoms with van der Waals surface area (Å²) in [5.41, 5.74) is -1.04. The molecule has 1 heterocycles. The van der Waals surface area contributed by atoms with Gasteiger partial charge in [-0.3, -0.25) is 9.59 Å². The maximum Gasteiger partial charge on any atom is 0.313 e. The summed E-state index contributed by atoms with van der Waals surface area (Å²) in [6, 6.07) is 13.5. The number of methoxy groups -OCH3 is 1. The van der Waals surface area contributed by atoms with Crippen LogP contribution in [0.4, 0.5) is 0 Å². The highest BCUT2D eigenvalue weighted by molar-refractivity contribution is 5.89. The van der Waals surface area contributed by atoms with Crippen molar-refractivity contribution in [2.24, 2.45) is 5.41 Å². The van der Waals surface area contributed by atoms with Crippen LogP contribution in [0.3, 0.4) is 0 Å². The van der Waals surface area contributed by atoms with E-state index in [0.717, 1.165) is 10.8 Å². The largest absolute Gasteiger partial charge is 0.481 e. The first kappa shape index (κ1) is 18.2. The van der Waals surface area contributed by atoms with Crippen molar-refractivity contribution < 1.29 is 24.2 Å². The van der Waals surface area contributed by atoms with E-state index < -0.39 is 17.5 Å². The lowest BCUT2D eigenvalue weighted by Crippen LogP contribution is -2.43. The van der Waals surface area contributed by atoms with E-state index in [4.69, 9.17) is 9.47 Å². The zero-order chi connectivity index (χ0) is 18.7. The Morgan fingerprint density at radius 2 is 1.96 bits per heavy atom. The molecule has 1 aliphatic heterocycles. The third-order valence-corrected chi connectivity index (χ3v) is 4.94. The normalized spacial score (nSPS) is 20.9. The monoisotopic (exact) mass is 357 g/mol. The number of carbonyl (C=O) groups excluding carboxylic acids is 1. The van der Waals surface area contributed by atoms with Crippen LogP contribution in [-0.2, 0) is 14.3 Å². The summed E-state index contributed by atoms with van der Waals surface area (Å²) in [7, 11) is 1.47. The molecule has 0 aromatic heterocycles. The molecule has 1 amide bonds. The number of nitrogens with zero attached hydrogens (tertiary/aromatic N) is 1. The van der Waals surface area contributed by atoms with Gasteiger partial charge in [0.15, 0.2) is 6.10 Å². The molecule has 1 saturated heterocycles. The lowest BCUT2D eigenvalue weighted by Gasteiger charge is -2.25. The SMILES string of the molecule is COCC1(C(=O)O)CCN(C(=O)C(C)Oc2cccc3ccccc23)C1.